The maximum absolute atomic E-state index is 11.6. The first-order chi connectivity index (χ1) is 6.10. The molecule has 0 aromatic carbocycles. The molecule has 1 unspecified atom stereocenters. The van der Waals surface area contributed by atoms with Gasteiger partial charge in [-0.2, -0.15) is 0 Å². The molecule has 0 spiro atoms. The first-order valence-electron chi connectivity index (χ1n) is 5.08. The molecule has 0 bridgehead atoms. The van der Waals surface area contributed by atoms with Crippen LogP contribution in [0.5, 0.6) is 0 Å². The summed E-state index contributed by atoms with van der Waals surface area (Å²) >= 11 is 0. The van der Waals surface area contributed by atoms with Crippen molar-refractivity contribution < 1.29 is 4.79 Å². The van der Waals surface area contributed by atoms with E-state index < -0.39 is 0 Å². The van der Waals surface area contributed by atoms with Crippen LogP contribution >= 0.6 is 0 Å². The van der Waals surface area contributed by atoms with E-state index in [1.807, 2.05) is 6.92 Å². The molecule has 2 N–H and O–H groups in total. The van der Waals surface area contributed by atoms with Gasteiger partial charge in [-0.25, -0.2) is 0 Å². The van der Waals surface area contributed by atoms with Crippen LogP contribution in [0, 0.1) is 0 Å². The van der Waals surface area contributed by atoms with Crippen molar-refractivity contribution in [2.24, 2.45) is 0 Å². The van der Waals surface area contributed by atoms with Crippen molar-refractivity contribution in [3.8, 4) is 0 Å². The van der Waals surface area contributed by atoms with Gasteiger partial charge in [0.2, 0.25) is 5.91 Å². The second kappa shape index (κ2) is 5.97. The Morgan fingerprint density at radius 3 is 2.31 bits per heavy atom. The van der Waals surface area contributed by atoms with Crippen molar-refractivity contribution in [3.05, 3.63) is 0 Å². The summed E-state index contributed by atoms with van der Waals surface area (Å²) in [7, 11) is 1.68. The lowest BCUT2D eigenvalue weighted by molar-refractivity contribution is -0.126. The van der Waals surface area contributed by atoms with Crippen LogP contribution in [0.1, 0.15) is 40.0 Å². The quantitative estimate of drug-likeness (QED) is 0.656. The fraction of sp³-hybridized carbons (Fsp3) is 0.900. The SMILES string of the molecule is CCCNC(C)(CCC)C(=O)NC. The number of nitrogens with one attached hydrogen (secondary N) is 2. The lowest BCUT2D eigenvalue weighted by Gasteiger charge is -2.28. The molecule has 0 aromatic rings. The molecule has 0 saturated heterocycles. The van der Waals surface area contributed by atoms with Crippen LogP contribution in [0.4, 0.5) is 0 Å². The van der Waals surface area contributed by atoms with Crippen LogP contribution in [0.25, 0.3) is 0 Å². The van der Waals surface area contributed by atoms with E-state index in [4.69, 9.17) is 0 Å². The fourth-order valence-corrected chi connectivity index (χ4v) is 1.46. The Kier molecular flexibility index (Phi) is 5.71. The zero-order valence-electron chi connectivity index (χ0n) is 9.24. The summed E-state index contributed by atoms with van der Waals surface area (Å²) in [6, 6.07) is 0. The third-order valence-electron chi connectivity index (χ3n) is 2.24. The molecule has 0 aromatic heterocycles. The summed E-state index contributed by atoms with van der Waals surface area (Å²) in [5.74, 6) is 0.0859. The van der Waals surface area contributed by atoms with Gasteiger partial charge < -0.3 is 10.6 Å². The predicted molar refractivity (Wildman–Crippen MR) is 55.7 cm³/mol. The smallest absolute Gasteiger partial charge is 0.239 e. The molecule has 0 heterocycles. The molecule has 0 aliphatic rings. The van der Waals surface area contributed by atoms with Gasteiger partial charge in [-0.15, -0.1) is 0 Å². The maximum atomic E-state index is 11.6. The fourth-order valence-electron chi connectivity index (χ4n) is 1.46. The molecule has 1 atom stereocenters. The van der Waals surface area contributed by atoms with E-state index in [9.17, 15) is 4.79 Å². The van der Waals surface area contributed by atoms with Crippen molar-refractivity contribution in [2.75, 3.05) is 13.6 Å². The molecule has 1 amide bonds. The Labute approximate surface area is 81.3 Å². The minimum atomic E-state index is -0.389. The molecule has 3 heteroatoms. The lowest BCUT2D eigenvalue weighted by Crippen LogP contribution is -2.54. The molecule has 0 radical (unpaired) electrons. The topological polar surface area (TPSA) is 41.1 Å². The average molecular weight is 186 g/mol. The number of likely N-dealkylation sites (N-methyl/N-ethyl adjacent to an activating group) is 1. The van der Waals surface area contributed by atoms with Crippen LogP contribution in [0.2, 0.25) is 0 Å². The molecule has 0 aliphatic carbocycles. The third-order valence-corrected chi connectivity index (χ3v) is 2.24. The zero-order chi connectivity index (χ0) is 10.3. The third kappa shape index (κ3) is 3.77. The Morgan fingerprint density at radius 1 is 1.31 bits per heavy atom. The highest BCUT2D eigenvalue weighted by Gasteiger charge is 2.29. The van der Waals surface area contributed by atoms with Gasteiger partial charge in [0.25, 0.3) is 0 Å². The van der Waals surface area contributed by atoms with Gasteiger partial charge >= 0.3 is 0 Å². The minimum absolute atomic E-state index is 0.0859. The molecule has 78 valence electrons. The number of hydrogen-bond donors (Lipinski definition) is 2. The van der Waals surface area contributed by atoms with Crippen molar-refractivity contribution in [1.29, 1.82) is 0 Å². The molecule has 0 aliphatic heterocycles. The van der Waals surface area contributed by atoms with Gasteiger partial charge in [0.05, 0.1) is 5.54 Å². The highest BCUT2D eigenvalue weighted by atomic mass is 16.2. The number of rotatable bonds is 6. The molecule has 0 fully saturated rings. The van der Waals surface area contributed by atoms with Gasteiger partial charge in [0, 0.05) is 7.05 Å². The number of carbonyl (C=O) groups excluding carboxylic acids is 1. The summed E-state index contributed by atoms with van der Waals surface area (Å²) in [5.41, 5.74) is -0.389. The second-order valence-corrected chi connectivity index (χ2v) is 3.59. The highest BCUT2D eigenvalue weighted by molar-refractivity contribution is 5.85. The van der Waals surface area contributed by atoms with Crippen LogP contribution in [-0.4, -0.2) is 25.0 Å². The van der Waals surface area contributed by atoms with Crippen molar-refractivity contribution in [1.82, 2.24) is 10.6 Å². The summed E-state index contributed by atoms with van der Waals surface area (Å²) < 4.78 is 0. The standard InChI is InChI=1S/C10H22N2O/c1-5-7-10(3,9(13)11-4)12-8-6-2/h12H,5-8H2,1-4H3,(H,11,13). The Morgan fingerprint density at radius 2 is 1.92 bits per heavy atom. The van der Waals surface area contributed by atoms with Crippen molar-refractivity contribution in [3.63, 3.8) is 0 Å². The molecular formula is C10H22N2O. The maximum Gasteiger partial charge on any atom is 0.239 e. The number of carbonyl (C=O) groups is 1. The van der Waals surface area contributed by atoms with Crippen LogP contribution < -0.4 is 10.6 Å². The van der Waals surface area contributed by atoms with Gasteiger partial charge in [-0.3, -0.25) is 4.79 Å². The first kappa shape index (κ1) is 12.4. The first-order valence-corrected chi connectivity index (χ1v) is 5.08. The summed E-state index contributed by atoms with van der Waals surface area (Å²) in [5, 5.41) is 5.98. The van der Waals surface area contributed by atoms with Crippen molar-refractivity contribution in [2.45, 2.75) is 45.6 Å². The van der Waals surface area contributed by atoms with E-state index in [2.05, 4.69) is 24.5 Å². The summed E-state index contributed by atoms with van der Waals surface area (Å²) in [6.07, 6.45) is 2.95. The lowest BCUT2D eigenvalue weighted by atomic mass is 9.95. The van der Waals surface area contributed by atoms with Gasteiger partial charge in [-0.1, -0.05) is 20.3 Å². The molecule has 0 rings (SSSR count). The van der Waals surface area contributed by atoms with E-state index in [0.717, 1.165) is 25.8 Å². The Bertz CT molecular complexity index is 159. The molecule has 3 nitrogen and oxygen atoms in total. The van der Waals surface area contributed by atoms with Crippen LogP contribution in [-0.2, 0) is 4.79 Å². The summed E-state index contributed by atoms with van der Waals surface area (Å²) in [6.45, 7) is 7.05. The van der Waals surface area contributed by atoms with Crippen molar-refractivity contribution >= 4 is 5.91 Å². The number of amides is 1. The van der Waals surface area contributed by atoms with E-state index >= 15 is 0 Å². The second-order valence-electron chi connectivity index (χ2n) is 3.59. The number of hydrogen-bond acceptors (Lipinski definition) is 2. The normalized spacial score (nSPS) is 15.1. The molecular weight excluding hydrogens is 164 g/mol. The van der Waals surface area contributed by atoms with Gasteiger partial charge in [0.15, 0.2) is 0 Å². The van der Waals surface area contributed by atoms with E-state index in [1.54, 1.807) is 7.05 Å². The summed E-state index contributed by atoms with van der Waals surface area (Å²) in [4.78, 5) is 11.6. The van der Waals surface area contributed by atoms with E-state index in [1.165, 1.54) is 0 Å². The highest BCUT2D eigenvalue weighted by Crippen LogP contribution is 2.12. The van der Waals surface area contributed by atoms with Crippen LogP contribution in [0.3, 0.4) is 0 Å². The monoisotopic (exact) mass is 186 g/mol. The molecule has 0 saturated carbocycles. The Balaban J connectivity index is 4.23. The molecule has 13 heavy (non-hydrogen) atoms. The Hall–Kier alpha value is -0.570. The van der Waals surface area contributed by atoms with Crippen LogP contribution in [0.15, 0.2) is 0 Å². The average Bonchev–Trinajstić information content (AvgIpc) is 2.14. The van der Waals surface area contributed by atoms with E-state index in [0.29, 0.717) is 0 Å². The van der Waals surface area contributed by atoms with Gasteiger partial charge in [0.1, 0.15) is 0 Å². The van der Waals surface area contributed by atoms with Gasteiger partial charge in [-0.05, 0) is 26.3 Å². The largest absolute Gasteiger partial charge is 0.358 e. The predicted octanol–water partition coefficient (Wildman–Crippen LogP) is 1.29. The zero-order valence-corrected chi connectivity index (χ0v) is 9.24. The van der Waals surface area contributed by atoms with E-state index in [-0.39, 0.29) is 11.4 Å². The minimum Gasteiger partial charge on any atom is -0.358 e.